The van der Waals surface area contributed by atoms with E-state index in [9.17, 15) is 0 Å². The lowest BCUT2D eigenvalue weighted by atomic mass is 10.2. The Morgan fingerprint density at radius 1 is 1.09 bits per heavy atom. The third-order valence-corrected chi connectivity index (χ3v) is 3.46. The van der Waals surface area contributed by atoms with E-state index in [2.05, 4.69) is 73.7 Å². The second-order valence-corrected chi connectivity index (χ2v) is 5.44. The van der Waals surface area contributed by atoms with Crippen molar-refractivity contribution in [3.05, 3.63) is 34.8 Å². The molecule has 1 rings (SSSR count). The quantitative estimate of drug-likeness (QED) is 0.396. The number of benzene rings is 1. The van der Waals surface area contributed by atoms with E-state index in [-0.39, 0.29) is 0 Å². The summed E-state index contributed by atoms with van der Waals surface area (Å²) < 4.78 is 3.39. The first-order chi connectivity index (χ1) is 5.15. The summed E-state index contributed by atoms with van der Waals surface area (Å²) in [6.07, 6.45) is 7.03. The van der Waals surface area contributed by atoms with Gasteiger partial charge in [-0.3, -0.25) is 0 Å². The van der Waals surface area contributed by atoms with Crippen LogP contribution in [0.3, 0.4) is 0 Å². The zero-order valence-electron chi connectivity index (χ0n) is 5.29. The van der Waals surface area contributed by atoms with Crippen LogP contribution in [0.5, 0.6) is 0 Å². The summed E-state index contributed by atoms with van der Waals surface area (Å²) in [4.78, 5) is 0. The van der Waals surface area contributed by atoms with Gasteiger partial charge in [0.25, 0.3) is 0 Å². The first kappa shape index (κ1) is 10.1. The molecule has 3 heteroatoms. The minimum absolute atomic E-state index is 0.895. The number of hydrogen-bond donors (Lipinski definition) is 0. The van der Waals surface area contributed by atoms with E-state index >= 15 is 0 Å². The molecule has 0 aromatic heterocycles. The van der Waals surface area contributed by atoms with Crippen LogP contribution in [0, 0.1) is 23.1 Å². The Hall–Kier alpha value is 0.970. The van der Waals surface area contributed by atoms with Gasteiger partial charge in [-0.15, -0.1) is 0 Å². The van der Waals surface area contributed by atoms with E-state index in [0.717, 1.165) is 12.7 Å². The third-order valence-electron chi connectivity index (χ3n) is 1.13. The van der Waals surface area contributed by atoms with Gasteiger partial charge in [0, 0.05) is 10.7 Å². The molecule has 0 bridgehead atoms. The van der Waals surface area contributed by atoms with Crippen LogP contribution in [0.25, 0.3) is 0 Å². The highest BCUT2D eigenvalue weighted by atomic mass is 127. The summed E-state index contributed by atoms with van der Waals surface area (Å²) in [6, 6.07) is 4.08. The maximum Gasteiger partial charge on any atom is 0.0523 e. The Labute approximate surface area is 107 Å². The van der Waals surface area contributed by atoms with Gasteiger partial charge in [-0.2, -0.15) is 0 Å². The molecule has 0 saturated carbocycles. The first-order valence-corrected chi connectivity index (χ1v) is 5.96. The Morgan fingerprint density at radius 3 is 1.91 bits per heavy atom. The summed E-state index contributed by atoms with van der Waals surface area (Å²) in [5, 5.41) is 0. The van der Waals surface area contributed by atoms with Gasteiger partial charge < -0.3 is 0 Å². The SMILES string of the molecule is [C]#Cc1c(I)cc(I)cc1I. The van der Waals surface area contributed by atoms with Crippen molar-refractivity contribution in [2.45, 2.75) is 0 Å². The van der Waals surface area contributed by atoms with Crippen LogP contribution in [-0.4, -0.2) is 0 Å². The molecule has 0 aliphatic heterocycles. The van der Waals surface area contributed by atoms with Gasteiger partial charge in [-0.05, 0) is 86.3 Å². The highest BCUT2D eigenvalue weighted by molar-refractivity contribution is 14.1. The zero-order valence-corrected chi connectivity index (χ0v) is 11.8. The third kappa shape index (κ3) is 2.45. The fourth-order valence-corrected chi connectivity index (χ4v) is 4.51. The largest absolute Gasteiger partial charge is 0.0523 e. The Morgan fingerprint density at radius 2 is 1.55 bits per heavy atom. The van der Waals surface area contributed by atoms with Crippen LogP contribution in [0.4, 0.5) is 0 Å². The van der Waals surface area contributed by atoms with Crippen LogP contribution in [-0.2, 0) is 0 Å². The monoisotopic (exact) mass is 479 g/mol. The minimum atomic E-state index is 0.895. The predicted molar refractivity (Wildman–Crippen MR) is 70.8 cm³/mol. The molecule has 0 aliphatic carbocycles. The molecule has 0 N–H and O–H groups in total. The standard InChI is InChI=1S/C8H2I3/c1-2-6-7(10)3-5(9)4-8(6)11/h3-4H. The summed E-state index contributed by atoms with van der Waals surface area (Å²) in [7, 11) is 0. The van der Waals surface area contributed by atoms with Gasteiger partial charge in [0.15, 0.2) is 0 Å². The van der Waals surface area contributed by atoms with Crippen LogP contribution >= 0.6 is 67.8 Å². The molecular formula is C8H2I3. The van der Waals surface area contributed by atoms with Crippen molar-refractivity contribution in [2.24, 2.45) is 0 Å². The van der Waals surface area contributed by atoms with E-state index in [1.165, 1.54) is 3.57 Å². The van der Waals surface area contributed by atoms with Gasteiger partial charge in [-0.1, -0.05) is 5.92 Å². The maximum absolute atomic E-state index is 7.03. The average molecular weight is 479 g/mol. The predicted octanol–water partition coefficient (Wildman–Crippen LogP) is 3.44. The van der Waals surface area contributed by atoms with Gasteiger partial charge in [0.2, 0.25) is 0 Å². The lowest BCUT2D eigenvalue weighted by molar-refractivity contribution is 1.49. The topological polar surface area (TPSA) is 0 Å². The molecule has 0 atom stereocenters. The highest BCUT2D eigenvalue weighted by Crippen LogP contribution is 2.21. The molecule has 0 nitrogen and oxygen atoms in total. The van der Waals surface area contributed by atoms with E-state index in [0.29, 0.717) is 0 Å². The van der Waals surface area contributed by atoms with Crippen LogP contribution in [0.1, 0.15) is 5.56 Å². The first-order valence-electron chi connectivity index (χ1n) is 2.72. The molecule has 0 saturated heterocycles. The van der Waals surface area contributed by atoms with Crippen molar-refractivity contribution < 1.29 is 0 Å². The number of rotatable bonds is 0. The lowest BCUT2D eigenvalue weighted by Gasteiger charge is -2.00. The average Bonchev–Trinajstić information content (AvgIpc) is 1.85. The minimum Gasteiger partial charge on any atom is -0.0506 e. The van der Waals surface area contributed by atoms with E-state index in [1.54, 1.807) is 0 Å². The summed E-state index contributed by atoms with van der Waals surface area (Å²) >= 11 is 6.70. The van der Waals surface area contributed by atoms with Crippen molar-refractivity contribution in [3.63, 3.8) is 0 Å². The fraction of sp³-hybridized carbons (Fsp3) is 0. The molecule has 0 heterocycles. The zero-order chi connectivity index (χ0) is 8.43. The van der Waals surface area contributed by atoms with Crippen LogP contribution in [0.2, 0.25) is 0 Å². The molecule has 0 spiro atoms. The summed E-state index contributed by atoms with van der Waals surface area (Å²) in [5.74, 6) is 2.42. The number of hydrogen-bond acceptors (Lipinski definition) is 0. The van der Waals surface area contributed by atoms with Crippen molar-refractivity contribution in [2.75, 3.05) is 0 Å². The van der Waals surface area contributed by atoms with Crippen molar-refractivity contribution in [1.82, 2.24) is 0 Å². The molecule has 1 aromatic carbocycles. The Kier molecular flexibility index (Phi) is 3.91. The van der Waals surface area contributed by atoms with E-state index in [4.69, 9.17) is 6.42 Å². The number of halogens is 3. The molecule has 0 fully saturated rings. The van der Waals surface area contributed by atoms with Crippen LogP contribution < -0.4 is 0 Å². The molecule has 55 valence electrons. The molecule has 0 aliphatic rings. The molecule has 0 unspecified atom stereocenters. The molecule has 11 heavy (non-hydrogen) atoms. The summed E-state index contributed by atoms with van der Waals surface area (Å²) in [5.41, 5.74) is 0.895. The van der Waals surface area contributed by atoms with Gasteiger partial charge in [0.05, 0.1) is 5.56 Å². The second kappa shape index (κ2) is 4.28. The smallest absolute Gasteiger partial charge is 0.0506 e. The van der Waals surface area contributed by atoms with E-state index in [1.807, 2.05) is 12.1 Å². The molecule has 1 aromatic rings. The lowest BCUT2D eigenvalue weighted by Crippen LogP contribution is -1.87. The van der Waals surface area contributed by atoms with Crippen molar-refractivity contribution in [3.8, 4) is 5.92 Å². The maximum atomic E-state index is 7.03. The normalized spacial score (nSPS) is 9.27. The van der Waals surface area contributed by atoms with Gasteiger partial charge in [-0.25, -0.2) is 0 Å². The fourth-order valence-electron chi connectivity index (χ4n) is 0.662. The van der Waals surface area contributed by atoms with Crippen LogP contribution in [0.15, 0.2) is 12.1 Å². The highest BCUT2D eigenvalue weighted by Gasteiger charge is 2.02. The van der Waals surface area contributed by atoms with Gasteiger partial charge in [0.1, 0.15) is 0 Å². The molecular weight excluding hydrogens is 477 g/mol. The molecule has 0 amide bonds. The van der Waals surface area contributed by atoms with E-state index < -0.39 is 0 Å². The van der Waals surface area contributed by atoms with Gasteiger partial charge >= 0.3 is 0 Å². The summed E-state index contributed by atoms with van der Waals surface area (Å²) in [6.45, 7) is 0. The Balaban J connectivity index is 3.40. The Bertz CT molecular complexity index is 300. The molecule has 1 radical (unpaired) electrons. The van der Waals surface area contributed by atoms with Crippen molar-refractivity contribution >= 4 is 67.8 Å². The second-order valence-electron chi connectivity index (χ2n) is 1.87. The van der Waals surface area contributed by atoms with Crippen molar-refractivity contribution in [1.29, 1.82) is 0 Å².